The van der Waals surface area contributed by atoms with Crippen LogP contribution in [-0.4, -0.2) is 0 Å². The monoisotopic (exact) mass is 333 g/mol. The molecule has 2 rings (SSSR count). The van der Waals surface area contributed by atoms with Crippen molar-refractivity contribution in [3.8, 4) is 0 Å². The predicted molar refractivity (Wildman–Crippen MR) is 78.4 cm³/mol. The molecular weight excluding hydrogens is 322 g/mol. The zero-order valence-corrected chi connectivity index (χ0v) is 12.4. The van der Waals surface area contributed by atoms with Crippen molar-refractivity contribution in [3.63, 3.8) is 0 Å². The largest absolute Gasteiger partial charge is 0.416 e. The lowest BCUT2D eigenvalue weighted by Crippen LogP contribution is -2.13. The smallest absolute Gasteiger partial charge is 0.309 e. The summed E-state index contributed by atoms with van der Waals surface area (Å²) in [6, 6.07) is 10.3. The van der Waals surface area contributed by atoms with Crippen LogP contribution in [0.3, 0.4) is 0 Å². The summed E-state index contributed by atoms with van der Waals surface area (Å²) in [5.74, 6) is 0. The van der Waals surface area contributed by atoms with E-state index in [9.17, 15) is 13.2 Å². The van der Waals surface area contributed by atoms with E-state index in [1.165, 1.54) is 12.1 Å². The lowest BCUT2D eigenvalue weighted by molar-refractivity contribution is -0.137. The number of benzene rings is 2. The van der Waals surface area contributed by atoms with Gasteiger partial charge in [-0.05, 0) is 35.4 Å². The molecule has 0 fully saturated rings. The zero-order valence-electron chi connectivity index (χ0n) is 10.8. The second-order valence-corrected chi connectivity index (χ2v) is 5.38. The molecule has 0 atom stereocenters. The number of rotatable bonds is 4. The summed E-state index contributed by atoms with van der Waals surface area (Å²) in [5.41, 5.74) is 1.01. The highest BCUT2D eigenvalue weighted by atomic mass is 35.5. The molecule has 0 aliphatic rings. The molecule has 0 spiro atoms. The zero-order chi connectivity index (χ0) is 15.5. The quantitative estimate of drug-likeness (QED) is 0.800. The van der Waals surface area contributed by atoms with E-state index in [0.717, 1.165) is 23.3 Å². The van der Waals surface area contributed by atoms with Gasteiger partial charge in [-0.2, -0.15) is 13.2 Å². The van der Waals surface area contributed by atoms with Crippen LogP contribution in [-0.2, 0) is 19.3 Å². The van der Waals surface area contributed by atoms with E-state index in [1.807, 2.05) is 6.07 Å². The summed E-state index contributed by atoms with van der Waals surface area (Å²) < 4.78 is 37.3. The molecular formula is C15H12Cl2F3N. The summed E-state index contributed by atoms with van der Waals surface area (Å²) in [5, 5.41) is 4.25. The molecule has 0 amide bonds. The molecule has 2 aromatic carbocycles. The van der Waals surface area contributed by atoms with Gasteiger partial charge in [0.25, 0.3) is 0 Å². The highest BCUT2D eigenvalue weighted by Gasteiger charge is 2.29. The van der Waals surface area contributed by atoms with Gasteiger partial charge in [-0.1, -0.05) is 41.4 Å². The van der Waals surface area contributed by atoms with Crippen molar-refractivity contribution in [2.75, 3.05) is 0 Å². The van der Waals surface area contributed by atoms with Crippen molar-refractivity contribution >= 4 is 23.2 Å². The molecule has 1 nitrogen and oxygen atoms in total. The van der Waals surface area contributed by atoms with Crippen molar-refractivity contribution in [1.29, 1.82) is 0 Å². The van der Waals surface area contributed by atoms with Crippen LogP contribution >= 0.6 is 23.2 Å². The van der Waals surface area contributed by atoms with Crippen LogP contribution in [0.15, 0.2) is 42.5 Å². The fraction of sp³-hybridized carbons (Fsp3) is 0.200. The minimum absolute atomic E-state index is 0.455. The van der Waals surface area contributed by atoms with E-state index in [0.29, 0.717) is 23.1 Å². The third kappa shape index (κ3) is 4.63. The van der Waals surface area contributed by atoms with Crippen LogP contribution in [0, 0.1) is 0 Å². The Kier molecular flexibility index (Phi) is 5.14. The van der Waals surface area contributed by atoms with Gasteiger partial charge in [0.05, 0.1) is 5.56 Å². The standard InChI is InChI=1S/C15H12Cl2F3N/c16-13-6-3-11(14(17)7-13)9-21-8-10-1-4-12(5-2-10)15(18,19)20/h1-7,21H,8-9H2. The first-order valence-corrected chi connectivity index (χ1v) is 6.92. The number of hydrogen-bond donors (Lipinski definition) is 1. The van der Waals surface area contributed by atoms with Gasteiger partial charge >= 0.3 is 6.18 Å². The molecule has 6 heteroatoms. The van der Waals surface area contributed by atoms with Crippen molar-refractivity contribution in [3.05, 3.63) is 69.2 Å². The van der Waals surface area contributed by atoms with Gasteiger partial charge in [-0.15, -0.1) is 0 Å². The molecule has 1 N–H and O–H groups in total. The fourth-order valence-corrected chi connectivity index (χ4v) is 2.29. The highest BCUT2D eigenvalue weighted by Crippen LogP contribution is 2.29. The first-order valence-electron chi connectivity index (χ1n) is 6.17. The molecule has 0 heterocycles. The molecule has 0 bridgehead atoms. The Morgan fingerprint density at radius 1 is 0.905 bits per heavy atom. The van der Waals surface area contributed by atoms with Gasteiger partial charge in [0.15, 0.2) is 0 Å². The maximum absolute atomic E-state index is 12.4. The molecule has 0 aliphatic carbocycles. The lowest BCUT2D eigenvalue weighted by Gasteiger charge is -2.09. The molecule has 0 radical (unpaired) electrons. The average Bonchev–Trinajstić information content (AvgIpc) is 2.41. The van der Waals surface area contributed by atoms with Crippen LogP contribution in [0.25, 0.3) is 0 Å². The van der Waals surface area contributed by atoms with E-state index < -0.39 is 11.7 Å². The minimum atomic E-state index is -4.30. The first-order chi connectivity index (χ1) is 9.86. The number of nitrogens with one attached hydrogen (secondary N) is 1. The topological polar surface area (TPSA) is 12.0 Å². The Bertz CT molecular complexity index is 609. The van der Waals surface area contributed by atoms with E-state index in [-0.39, 0.29) is 0 Å². The number of alkyl halides is 3. The molecule has 2 aromatic rings. The van der Waals surface area contributed by atoms with Crippen molar-refractivity contribution < 1.29 is 13.2 Å². The molecule has 0 aliphatic heterocycles. The summed E-state index contributed by atoms with van der Waals surface area (Å²) >= 11 is 11.8. The predicted octanol–water partition coefficient (Wildman–Crippen LogP) is 5.30. The molecule has 21 heavy (non-hydrogen) atoms. The van der Waals surface area contributed by atoms with Crippen molar-refractivity contribution in [2.24, 2.45) is 0 Å². The summed E-state index contributed by atoms with van der Waals surface area (Å²) in [4.78, 5) is 0. The second kappa shape index (κ2) is 6.69. The van der Waals surface area contributed by atoms with Crippen LogP contribution in [0.2, 0.25) is 10.0 Å². The van der Waals surface area contributed by atoms with Crippen LogP contribution in [0.5, 0.6) is 0 Å². The maximum atomic E-state index is 12.4. The fourth-order valence-electron chi connectivity index (χ4n) is 1.82. The highest BCUT2D eigenvalue weighted by molar-refractivity contribution is 6.35. The number of halogens is 5. The first kappa shape index (κ1) is 16.1. The number of hydrogen-bond acceptors (Lipinski definition) is 1. The molecule has 112 valence electrons. The van der Waals surface area contributed by atoms with E-state index in [1.54, 1.807) is 12.1 Å². The summed E-state index contributed by atoms with van der Waals surface area (Å²) in [7, 11) is 0. The Labute approximate surface area is 130 Å². The van der Waals surface area contributed by atoms with E-state index in [2.05, 4.69) is 5.32 Å². The van der Waals surface area contributed by atoms with Gasteiger partial charge in [-0.3, -0.25) is 0 Å². The molecule has 0 saturated carbocycles. The maximum Gasteiger partial charge on any atom is 0.416 e. The van der Waals surface area contributed by atoms with Crippen molar-refractivity contribution in [2.45, 2.75) is 19.3 Å². The molecule has 0 aromatic heterocycles. The van der Waals surface area contributed by atoms with Crippen LogP contribution in [0.4, 0.5) is 13.2 Å². The van der Waals surface area contributed by atoms with Gasteiger partial charge in [-0.25, -0.2) is 0 Å². The Morgan fingerprint density at radius 2 is 1.57 bits per heavy atom. The Hall–Kier alpha value is -1.23. The SMILES string of the molecule is FC(F)(F)c1ccc(CNCc2ccc(Cl)cc2Cl)cc1. The van der Waals surface area contributed by atoms with Crippen molar-refractivity contribution in [1.82, 2.24) is 5.32 Å². The Morgan fingerprint density at radius 3 is 2.14 bits per heavy atom. The second-order valence-electron chi connectivity index (χ2n) is 4.53. The van der Waals surface area contributed by atoms with Crippen LogP contribution < -0.4 is 5.32 Å². The molecule has 0 unspecified atom stereocenters. The Balaban J connectivity index is 1.91. The third-order valence-electron chi connectivity index (χ3n) is 2.94. The van der Waals surface area contributed by atoms with Gasteiger partial charge < -0.3 is 5.32 Å². The lowest BCUT2D eigenvalue weighted by atomic mass is 10.1. The average molecular weight is 334 g/mol. The minimum Gasteiger partial charge on any atom is -0.309 e. The summed E-state index contributed by atoms with van der Waals surface area (Å²) in [6.45, 7) is 0.966. The van der Waals surface area contributed by atoms with Gasteiger partial charge in [0.2, 0.25) is 0 Å². The molecule has 0 saturated heterocycles. The van der Waals surface area contributed by atoms with Gasteiger partial charge in [0, 0.05) is 23.1 Å². The normalized spacial score (nSPS) is 11.7. The van der Waals surface area contributed by atoms with Crippen LogP contribution in [0.1, 0.15) is 16.7 Å². The van der Waals surface area contributed by atoms with E-state index in [4.69, 9.17) is 23.2 Å². The third-order valence-corrected chi connectivity index (χ3v) is 3.53. The summed E-state index contributed by atoms with van der Waals surface area (Å²) in [6.07, 6.45) is -4.30. The van der Waals surface area contributed by atoms with Gasteiger partial charge in [0.1, 0.15) is 0 Å². The van der Waals surface area contributed by atoms with E-state index >= 15 is 0 Å².